The molecule has 0 spiro atoms. The first kappa shape index (κ1) is 20.5. The van der Waals surface area contributed by atoms with Crippen LogP contribution in [-0.4, -0.2) is 25.9 Å². The maximum absolute atomic E-state index is 12.1. The second-order valence-corrected chi connectivity index (χ2v) is 7.82. The molecule has 6 heteroatoms. The minimum Gasteiger partial charge on any atom is -0.494 e. The number of hydrogen-bond donors (Lipinski definition) is 2. The Morgan fingerprint density at radius 3 is 2.52 bits per heavy atom. The van der Waals surface area contributed by atoms with Crippen molar-refractivity contribution in [2.24, 2.45) is 4.99 Å². The summed E-state index contributed by atoms with van der Waals surface area (Å²) in [5.41, 5.74) is 4.69. The van der Waals surface area contributed by atoms with Gasteiger partial charge in [0.15, 0.2) is 0 Å². The Morgan fingerprint density at radius 1 is 0.970 bits per heavy atom. The van der Waals surface area contributed by atoms with Gasteiger partial charge in [0.25, 0.3) is 5.56 Å². The first-order chi connectivity index (χ1) is 16.2. The van der Waals surface area contributed by atoms with Crippen molar-refractivity contribution in [1.82, 2.24) is 14.5 Å². The number of nitrogens with zero attached hydrogens (tertiary/aromatic N) is 3. The van der Waals surface area contributed by atoms with Gasteiger partial charge in [-0.05, 0) is 28.3 Å². The molecule has 162 valence electrons. The molecule has 0 aliphatic carbocycles. The van der Waals surface area contributed by atoms with Crippen molar-refractivity contribution >= 4 is 17.0 Å². The van der Waals surface area contributed by atoms with E-state index in [9.17, 15) is 9.90 Å². The Kier molecular flexibility index (Phi) is 5.55. The third kappa shape index (κ3) is 4.32. The van der Waals surface area contributed by atoms with E-state index in [2.05, 4.69) is 51.4 Å². The highest BCUT2D eigenvalue weighted by Crippen LogP contribution is 2.26. The predicted molar refractivity (Wildman–Crippen MR) is 131 cm³/mol. The molecule has 0 bridgehead atoms. The van der Waals surface area contributed by atoms with Crippen LogP contribution >= 0.6 is 0 Å². The highest BCUT2D eigenvalue weighted by Gasteiger charge is 2.09. The van der Waals surface area contributed by atoms with Gasteiger partial charge in [-0.2, -0.15) is 0 Å². The van der Waals surface area contributed by atoms with Gasteiger partial charge in [0.2, 0.25) is 5.88 Å². The molecule has 0 amide bonds. The van der Waals surface area contributed by atoms with Gasteiger partial charge >= 0.3 is 0 Å². The Labute approximate surface area is 190 Å². The third-order valence-electron chi connectivity index (χ3n) is 5.64. The van der Waals surface area contributed by atoms with E-state index in [4.69, 9.17) is 0 Å². The summed E-state index contributed by atoms with van der Waals surface area (Å²) in [5.74, 6) is -0.177. The van der Waals surface area contributed by atoms with Crippen LogP contribution in [0.1, 0.15) is 16.7 Å². The second-order valence-electron chi connectivity index (χ2n) is 7.82. The number of imidazole rings is 1. The number of H-pyrrole nitrogens is 1. The van der Waals surface area contributed by atoms with Crippen LogP contribution in [0, 0.1) is 0 Å². The van der Waals surface area contributed by atoms with E-state index >= 15 is 0 Å². The molecule has 2 N–H and O–H groups in total. The number of aromatic hydroxyl groups is 1. The molecule has 6 nitrogen and oxygen atoms in total. The smallest absolute Gasteiger partial charge is 0.258 e. The zero-order valence-electron chi connectivity index (χ0n) is 17.8. The minimum absolute atomic E-state index is 0.177. The molecule has 33 heavy (non-hydrogen) atoms. The lowest BCUT2D eigenvalue weighted by Gasteiger charge is -2.10. The third-order valence-corrected chi connectivity index (χ3v) is 5.64. The maximum atomic E-state index is 12.1. The van der Waals surface area contributed by atoms with Crippen molar-refractivity contribution < 1.29 is 5.11 Å². The zero-order valence-corrected chi connectivity index (χ0v) is 17.8. The van der Waals surface area contributed by atoms with Gasteiger partial charge in [0.05, 0.1) is 18.4 Å². The molecule has 0 radical (unpaired) electrons. The van der Waals surface area contributed by atoms with Gasteiger partial charge in [-0.1, -0.05) is 66.7 Å². The molecule has 0 unspecified atom stereocenters. The second kappa shape index (κ2) is 8.96. The van der Waals surface area contributed by atoms with E-state index in [1.54, 1.807) is 24.5 Å². The number of rotatable bonds is 6. The van der Waals surface area contributed by atoms with Gasteiger partial charge in [-0.3, -0.25) is 14.8 Å². The lowest BCUT2D eigenvalue weighted by atomic mass is 9.98. The number of pyridine rings is 1. The maximum Gasteiger partial charge on any atom is 0.258 e. The predicted octanol–water partition coefficient (Wildman–Crippen LogP) is 4.76. The molecule has 0 fully saturated rings. The number of nitrogens with one attached hydrogen (secondary N) is 1. The van der Waals surface area contributed by atoms with Crippen molar-refractivity contribution in [1.29, 1.82) is 0 Å². The number of hydrogen-bond acceptors (Lipinski definition) is 4. The molecule has 5 rings (SSSR count). The molecule has 0 aliphatic heterocycles. The van der Waals surface area contributed by atoms with Crippen LogP contribution < -0.4 is 5.56 Å². The van der Waals surface area contributed by atoms with Crippen molar-refractivity contribution in [3.63, 3.8) is 0 Å². The summed E-state index contributed by atoms with van der Waals surface area (Å²) in [4.78, 5) is 23.3. The Bertz CT molecular complexity index is 1480. The molecule has 5 aromatic rings. The average Bonchev–Trinajstić information content (AvgIpc) is 3.35. The SMILES string of the molecule is O=c1[nH]c(O)c(C=NCc2ccccc2-c2ccc(Cn3ccnc3)cc2)c2ccccc12. The van der Waals surface area contributed by atoms with Crippen LogP contribution in [-0.2, 0) is 13.1 Å². The highest BCUT2D eigenvalue weighted by atomic mass is 16.3. The van der Waals surface area contributed by atoms with Crippen molar-refractivity contribution in [3.05, 3.63) is 119 Å². The minimum atomic E-state index is -0.318. The summed E-state index contributed by atoms with van der Waals surface area (Å²) in [6, 6.07) is 23.8. The van der Waals surface area contributed by atoms with Crippen LogP contribution in [0.15, 0.2) is 101 Å². The van der Waals surface area contributed by atoms with Crippen LogP contribution in [0.4, 0.5) is 0 Å². The van der Waals surface area contributed by atoms with E-state index in [1.165, 1.54) is 5.56 Å². The summed E-state index contributed by atoms with van der Waals surface area (Å²) in [6.45, 7) is 1.22. The largest absolute Gasteiger partial charge is 0.494 e. The standard InChI is InChI=1S/C27H22N4O2/c32-26-24-8-4-3-7-23(24)25(27(33)30-26)16-29-15-21-5-1-2-6-22(21)20-11-9-19(10-12-20)17-31-14-13-28-18-31/h1-14,16,18H,15,17H2,(H2,30,32,33). The monoisotopic (exact) mass is 434 g/mol. The number of aromatic nitrogens is 3. The van der Waals surface area contributed by atoms with Gasteiger partial charge in [-0.15, -0.1) is 0 Å². The van der Waals surface area contributed by atoms with Crippen molar-refractivity contribution in [2.45, 2.75) is 13.1 Å². The molecular formula is C27H22N4O2. The van der Waals surface area contributed by atoms with Gasteiger partial charge in [0.1, 0.15) is 0 Å². The van der Waals surface area contributed by atoms with Crippen LogP contribution in [0.2, 0.25) is 0 Å². The van der Waals surface area contributed by atoms with Crippen molar-refractivity contribution in [2.75, 3.05) is 0 Å². The summed E-state index contributed by atoms with van der Waals surface area (Å²) >= 11 is 0. The Balaban J connectivity index is 1.40. The fourth-order valence-electron chi connectivity index (χ4n) is 3.97. The van der Waals surface area contributed by atoms with Gasteiger partial charge in [0, 0.05) is 35.9 Å². The summed E-state index contributed by atoms with van der Waals surface area (Å²) < 4.78 is 2.04. The quantitative estimate of drug-likeness (QED) is 0.378. The van der Waals surface area contributed by atoms with Crippen molar-refractivity contribution in [3.8, 4) is 17.0 Å². The van der Waals surface area contributed by atoms with Crippen LogP contribution in [0.5, 0.6) is 5.88 Å². The van der Waals surface area contributed by atoms with E-state index in [0.29, 0.717) is 22.9 Å². The highest BCUT2D eigenvalue weighted by molar-refractivity contribution is 6.01. The summed E-state index contributed by atoms with van der Waals surface area (Å²) in [5, 5.41) is 11.5. The number of benzene rings is 3. The molecular weight excluding hydrogens is 412 g/mol. The normalized spacial score (nSPS) is 11.4. The van der Waals surface area contributed by atoms with E-state index in [1.807, 2.05) is 41.4 Å². The zero-order chi connectivity index (χ0) is 22.6. The van der Waals surface area contributed by atoms with Gasteiger partial charge < -0.3 is 9.67 Å². The molecule has 0 aliphatic rings. The topological polar surface area (TPSA) is 83.3 Å². The molecule has 3 aromatic carbocycles. The average molecular weight is 434 g/mol. The van der Waals surface area contributed by atoms with Crippen LogP contribution in [0.25, 0.3) is 21.9 Å². The van der Waals surface area contributed by atoms with E-state index in [-0.39, 0.29) is 11.4 Å². The first-order valence-electron chi connectivity index (χ1n) is 10.7. The van der Waals surface area contributed by atoms with Gasteiger partial charge in [-0.25, -0.2) is 4.98 Å². The summed E-state index contributed by atoms with van der Waals surface area (Å²) in [7, 11) is 0. The number of fused-ring (bicyclic) bond motifs is 1. The molecule has 0 atom stereocenters. The number of aliphatic imine (C=N–C) groups is 1. The van der Waals surface area contributed by atoms with E-state index < -0.39 is 0 Å². The molecule has 2 heterocycles. The first-order valence-corrected chi connectivity index (χ1v) is 10.7. The molecule has 2 aromatic heterocycles. The molecule has 0 saturated carbocycles. The fraction of sp³-hybridized carbons (Fsp3) is 0.0741. The fourth-order valence-corrected chi connectivity index (χ4v) is 3.97. The lowest BCUT2D eigenvalue weighted by Crippen LogP contribution is -2.07. The number of aromatic amines is 1. The lowest BCUT2D eigenvalue weighted by molar-refractivity contribution is 0.452. The van der Waals surface area contributed by atoms with Crippen LogP contribution in [0.3, 0.4) is 0 Å². The van der Waals surface area contributed by atoms with E-state index in [0.717, 1.165) is 23.2 Å². The molecule has 0 saturated heterocycles. The Hall–Kier alpha value is -4.45. The Morgan fingerprint density at radius 2 is 1.73 bits per heavy atom. The summed E-state index contributed by atoms with van der Waals surface area (Å²) in [6.07, 6.45) is 7.16.